The van der Waals surface area contributed by atoms with E-state index in [0.717, 1.165) is 27.0 Å². The van der Waals surface area contributed by atoms with Crippen LogP contribution in [0.1, 0.15) is 0 Å². The predicted molar refractivity (Wildman–Crippen MR) is 101 cm³/mol. The van der Waals surface area contributed by atoms with Gasteiger partial charge in [0.15, 0.2) is 0 Å². The van der Waals surface area contributed by atoms with Gasteiger partial charge in [-0.1, -0.05) is 60.1 Å². The summed E-state index contributed by atoms with van der Waals surface area (Å²) in [6, 6.07) is 23.1. The second-order valence-electron chi connectivity index (χ2n) is 6.29. The summed E-state index contributed by atoms with van der Waals surface area (Å²) >= 11 is 6.44. The first kappa shape index (κ1) is 12.6. The average Bonchev–Trinajstić information content (AvgIpc) is 3.14. The van der Waals surface area contributed by atoms with Gasteiger partial charge in [0.2, 0.25) is 0 Å². The van der Waals surface area contributed by atoms with Crippen molar-refractivity contribution in [2.75, 3.05) is 0 Å². The Kier molecular flexibility index (Phi) is 2.21. The minimum Gasteiger partial charge on any atom is -0.455 e. The number of furan rings is 1. The molecular formula is C22H11ClO. The third kappa shape index (κ3) is 1.37. The zero-order valence-corrected chi connectivity index (χ0v) is 13.4. The molecule has 0 fully saturated rings. The Bertz CT molecular complexity index is 1310. The quantitative estimate of drug-likeness (QED) is 0.292. The van der Waals surface area contributed by atoms with Crippen molar-refractivity contribution in [1.82, 2.24) is 0 Å². The molecule has 0 bridgehead atoms. The van der Waals surface area contributed by atoms with Crippen molar-refractivity contribution in [2.45, 2.75) is 0 Å². The van der Waals surface area contributed by atoms with Crippen LogP contribution in [0.2, 0.25) is 5.02 Å². The van der Waals surface area contributed by atoms with Gasteiger partial charge in [-0.05, 0) is 45.7 Å². The van der Waals surface area contributed by atoms with Gasteiger partial charge in [0, 0.05) is 16.3 Å². The third-order valence-electron chi connectivity index (χ3n) is 5.08. The highest BCUT2D eigenvalue weighted by Gasteiger charge is 2.25. The minimum absolute atomic E-state index is 0.736. The fraction of sp³-hybridized carbons (Fsp3) is 0. The van der Waals surface area contributed by atoms with Crippen molar-refractivity contribution < 1.29 is 4.42 Å². The molecule has 0 saturated carbocycles. The van der Waals surface area contributed by atoms with Crippen molar-refractivity contribution in [3.8, 4) is 22.3 Å². The molecule has 2 heteroatoms. The van der Waals surface area contributed by atoms with Crippen LogP contribution in [0.15, 0.2) is 71.1 Å². The van der Waals surface area contributed by atoms with Crippen LogP contribution in [-0.4, -0.2) is 0 Å². The molecule has 0 radical (unpaired) electrons. The molecule has 0 amide bonds. The number of rotatable bonds is 0. The smallest absolute Gasteiger partial charge is 0.143 e. The van der Waals surface area contributed by atoms with E-state index in [9.17, 15) is 0 Å². The van der Waals surface area contributed by atoms with E-state index < -0.39 is 0 Å². The van der Waals surface area contributed by atoms with E-state index in [1.54, 1.807) is 0 Å². The lowest BCUT2D eigenvalue weighted by Crippen LogP contribution is -1.77. The molecule has 6 rings (SSSR count). The van der Waals surface area contributed by atoms with Crippen LogP contribution < -0.4 is 0 Å². The van der Waals surface area contributed by atoms with E-state index in [0.29, 0.717) is 0 Å². The summed E-state index contributed by atoms with van der Waals surface area (Å²) in [6.45, 7) is 0. The Morgan fingerprint density at radius 1 is 0.667 bits per heavy atom. The highest BCUT2D eigenvalue weighted by molar-refractivity contribution is 6.38. The van der Waals surface area contributed by atoms with Crippen LogP contribution in [0.4, 0.5) is 0 Å². The molecule has 0 atom stereocenters. The summed E-state index contributed by atoms with van der Waals surface area (Å²) in [5, 5.41) is 5.40. The molecule has 0 unspecified atom stereocenters. The molecule has 24 heavy (non-hydrogen) atoms. The van der Waals surface area contributed by atoms with Crippen LogP contribution in [0.3, 0.4) is 0 Å². The Morgan fingerprint density at radius 2 is 1.46 bits per heavy atom. The standard InChI is InChI=1S/C22H11ClO/c23-17-8-3-9-18-21(17)16-11-10-14-13-6-1-4-12-5-2-7-15(19(12)13)20(14)22(16)24-18/h1-11H. The van der Waals surface area contributed by atoms with E-state index in [-0.39, 0.29) is 0 Å². The van der Waals surface area contributed by atoms with Crippen LogP contribution in [0, 0.1) is 0 Å². The first-order valence-electron chi connectivity index (χ1n) is 7.99. The maximum absolute atomic E-state index is 6.44. The fourth-order valence-electron chi connectivity index (χ4n) is 4.11. The first-order chi connectivity index (χ1) is 11.8. The van der Waals surface area contributed by atoms with Gasteiger partial charge >= 0.3 is 0 Å². The van der Waals surface area contributed by atoms with Crippen LogP contribution in [0.25, 0.3) is 55.0 Å². The largest absolute Gasteiger partial charge is 0.455 e. The number of fused-ring (bicyclic) bond motifs is 7. The van der Waals surface area contributed by atoms with Gasteiger partial charge in [-0.25, -0.2) is 0 Å². The van der Waals surface area contributed by atoms with E-state index in [1.165, 1.54) is 33.0 Å². The van der Waals surface area contributed by atoms with E-state index in [1.807, 2.05) is 18.2 Å². The van der Waals surface area contributed by atoms with Gasteiger partial charge in [0.25, 0.3) is 0 Å². The third-order valence-corrected chi connectivity index (χ3v) is 5.39. The summed E-state index contributed by atoms with van der Waals surface area (Å²) in [5.41, 5.74) is 6.73. The number of halogens is 1. The van der Waals surface area contributed by atoms with Gasteiger partial charge in [-0.2, -0.15) is 0 Å². The molecule has 0 aliphatic heterocycles. The molecule has 1 nitrogen and oxygen atoms in total. The Morgan fingerprint density at radius 3 is 2.33 bits per heavy atom. The van der Waals surface area contributed by atoms with Crippen LogP contribution >= 0.6 is 11.6 Å². The zero-order chi connectivity index (χ0) is 15.8. The average molecular weight is 327 g/mol. The highest BCUT2D eigenvalue weighted by Crippen LogP contribution is 2.51. The van der Waals surface area contributed by atoms with Gasteiger partial charge < -0.3 is 4.42 Å². The summed E-state index contributed by atoms with van der Waals surface area (Å²) in [7, 11) is 0. The minimum atomic E-state index is 0.736. The van der Waals surface area contributed by atoms with E-state index >= 15 is 0 Å². The number of hydrogen-bond acceptors (Lipinski definition) is 1. The molecule has 1 heterocycles. The monoisotopic (exact) mass is 326 g/mol. The molecule has 0 saturated heterocycles. The molecule has 1 aliphatic carbocycles. The molecule has 1 aromatic heterocycles. The molecule has 5 aromatic rings. The summed E-state index contributed by atoms with van der Waals surface area (Å²) in [4.78, 5) is 0. The Balaban J connectivity index is 1.88. The lowest BCUT2D eigenvalue weighted by atomic mass is 10.0. The second kappa shape index (κ2) is 4.19. The van der Waals surface area contributed by atoms with Crippen molar-refractivity contribution >= 4 is 44.3 Å². The predicted octanol–water partition coefficient (Wildman–Crippen LogP) is 7.04. The van der Waals surface area contributed by atoms with Crippen molar-refractivity contribution in [1.29, 1.82) is 0 Å². The SMILES string of the molecule is Clc1cccc2oc3c4c(ccc3c12)-c1cccc2cccc-4c12. The van der Waals surface area contributed by atoms with E-state index in [4.69, 9.17) is 16.0 Å². The number of hydrogen-bond donors (Lipinski definition) is 0. The molecule has 0 spiro atoms. The summed E-state index contributed by atoms with van der Waals surface area (Å²) in [5.74, 6) is 0. The second-order valence-corrected chi connectivity index (χ2v) is 6.70. The van der Waals surface area contributed by atoms with Crippen molar-refractivity contribution in [3.05, 3.63) is 71.8 Å². The van der Waals surface area contributed by atoms with Crippen molar-refractivity contribution in [3.63, 3.8) is 0 Å². The number of benzene rings is 4. The van der Waals surface area contributed by atoms with Gasteiger partial charge in [-0.3, -0.25) is 0 Å². The summed E-state index contributed by atoms with van der Waals surface area (Å²) < 4.78 is 6.25. The van der Waals surface area contributed by atoms with Crippen LogP contribution in [0.5, 0.6) is 0 Å². The van der Waals surface area contributed by atoms with Crippen LogP contribution in [-0.2, 0) is 0 Å². The Labute approximate surface area is 143 Å². The molecule has 112 valence electrons. The molecular weight excluding hydrogens is 316 g/mol. The van der Waals surface area contributed by atoms with Crippen molar-refractivity contribution in [2.24, 2.45) is 0 Å². The maximum Gasteiger partial charge on any atom is 0.143 e. The zero-order valence-electron chi connectivity index (χ0n) is 12.6. The molecule has 0 N–H and O–H groups in total. The lowest BCUT2D eigenvalue weighted by Gasteiger charge is -2.02. The van der Waals surface area contributed by atoms with E-state index in [2.05, 4.69) is 48.5 Å². The summed E-state index contributed by atoms with van der Waals surface area (Å²) in [6.07, 6.45) is 0. The molecule has 4 aromatic carbocycles. The lowest BCUT2D eigenvalue weighted by molar-refractivity contribution is 0.670. The topological polar surface area (TPSA) is 13.1 Å². The maximum atomic E-state index is 6.44. The van der Waals surface area contributed by atoms with Gasteiger partial charge in [0.1, 0.15) is 11.2 Å². The fourth-order valence-corrected chi connectivity index (χ4v) is 4.38. The van der Waals surface area contributed by atoms with Gasteiger partial charge in [0.05, 0.1) is 5.02 Å². The van der Waals surface area contributed by atoms with Gasteiger partial charge in [-0.15, -0.1) is 0 Å². The Hall–Kier alpha value is -2.77. The molecule has 1 aliphatic rings. The normalized spacial score (nSPS) is 12.4. The highest BCUT2D eigenvalue weighted by atomic mass is 35.5. The first-order valence-corrected chi connectivity index (χ1v) is 8.37.